The third kappa shape index (κ3) is 3.26. The molecule has 1 fully saturated rings. The summed E-state index contributed by atoms with van der Waals surface area (Å²) in [7, 11) is 0. The molecule has 0 spiro atoms. The van der Waals surface area contributed by atoms with Crippen molar-refractivity contribution in [3.05, 3.63) is 26.4 Å². The summed E-state index contributed by atoms with van der Waals surface area (Å²) in [5.41, 5.74) is -0.878. The maximum atomic E-state index is 11.7. The molecule has 106 valence electrons. The Hall–Kier alpha value is -1.56. The van der Waals surface area contributed by atoms with Crippen molar-refractivity contribution >= 4 is 0 Å². The Bertz CT molecular complexity index is 555. The Balaban J connectivity index is 2.11. The number of rotatable bonds is 6. The lowest BCUT2D eigenvalue weighted by atomic mass is 10.1. The lowest BCUT2D eigenvalue weighted by Crippen LogP contribution is -2.33. The van der Waals surface area contributed by atoms with Crippen molar-refractivity contribution in [1.82, 2.24) is 9.55 Å². The van der Waals surface area contributed by atoms with Crippen LogP contribution in [-0.2, 0) is 11.3 Å². The molecule has 1 saturated carbocycles. The van der Waals surface area contributed by atoms with Gasteiger partial charge in [0.1, 0.15) is 0 Å². The number of nitrogens with one attached hydrogen (secondary N) is 1. The normalized spacial score (nSPS) is 15.1. The van der Waals surface area contributed by atoms with Gasteiger partial charge in [-0.1, -0.05) is 13.8 Å². The minimum atomic E-state index is -0.595. The fourth-order valence-corrected chi connectivity index (χ4v) is 1.99. The van der Waals surface area contributed by atoms with E-state index < -0.39 is 11.2 Å². The van der Waals surface area contributed by atoms with Gasteiger partial charge in [0.15, 0.2) is 0 Å². The van der Waals surface area contributed by atoms with Crippen LogP contribution in [0.25, 0.3) is 0 Å². The third-order valence-electron chi connectivity index (χ3n) is 3.29. The summed E-state index contributed by atoms with van der Waals surface area (Å²) >= 11 is 0. The van der Waals surface area contributed by atoms with Crippen molar-refractivity contribution in [2.24, 2.45) is 5.92 Å². The van der Waals surface area contributed by atoms with Crippen LogP contribution in [0.2, 0.25) is 0 Å². The van der Waals surface area contributed by atoms with Crippen LogP contribution in [-0.4, -0.2) is 27.9 Å². The molecular formula is C13H20N2O4. The topological polar surface area (TPSA) is 84.3 Å². The van der Waals surface area contributed by atoms with Crippen LogP contribution >= 0.6 is 0 Å². The quantitative estimate of drug-likeness (QED) is 0.747. The van der Waals surface area contributed by atoms with Gasteiger partial charge in [-0.15, -0.1) is 0 Å². The first-order valence-electron chi connectivity index (χ1n) is 6.64. The first kappa shape index (κ1) is 13.9. The van der Waals surface area contributed by atoms with Crippen molar-refractivity contribution in [2.45, 2.75) is 39.2 Å². The van der Waals surface area contributed by atoms with Crippen LogP contribution in [0, 0.1) is 5.92 Å². The molecule has 0 amide bonds. The van der Waals surface area contributed by atoms with Gasteiger partial charge in [-0.25, -0.2) is 4.79 Å². The summed E-state index contributed by atoms with van der Waals surface area (Å²) in [5, 5.41) is 10.0. The standard InChI is InChI=1S/C13H20N2O4/c1-8(2)10-11(16)14-13(18)15(12(10)17)5-6-19-7-9-3-4-9/h8-9,17H,3-7H2,1-2H3,(H,14,16,18). The molecule has 6 nitrogen and oxygen atoms in total. The van der Waals surface area contributed by atoms with Crippen LogP contribution in [0.3, 0.4) is 0 Å². The number of aromatic hydroxyl groups is 1. The summed E-state index contributed by atoms with van der Waals surface area (Å²) in [6.07, 6.45) is 2.42. The van der Waals surface area contributed by atoms with Crippen molar-refractivity contribution < 1.29 is 9.84 Å². The zero-order valence-electron chi connectivity index (χ0n) is 11.3. The highest BCUT2D eigenvalue weighted by atomic mass is 16.5. The van der Waals surface area contributed by atoms with E-state index in [0.29, 0.717) is 19.1 Å². The molecule has 2 N–H and O–H groups in total. The highest BCUT2D eigenvalue weighted by Gasteiger charge is 2.21. The van der Waals surface area contributed by atoms with E-state index in [1.165, 1.54) is 12.8 Å². The number of H-pyrrole nitrogens is 1. The summed E-state index contributed by atoms with van der Waals surface area (Å²) in [6, 6.07) is 0. The lowest BCUT2D eigenvalue weighted by Gasteiger charge is -2.13. The molecule has 19 heavy (non-hydrogen) atoms. The first-order chi connectivity index (χ1) is 9.00. The van der Waals surface area contributed by atoms with E-state index in [0.717, 1.165) is 4.57 Å². The summed E-state index contributed by atoms with van der Waals surface area (Å²) < 4.78 is 6.60. The van der Waals surface area contributed by atoms with Crippen LogP contribution in [0.15, 0.2) is 9.59 Å². The zero-order valence-corrected chi connectivity index (χ0v) is 11.3. The number of hydrogen-bond donors (Lipinski definition) is 2. The third-order valence-corrected chi connectivity index (χ3v) is 3.29. The number of hydrogen-bond acceptors (Lipinski definition) is 4. The molecule has 1 aromatic rings. The number of aromatic nitrogens is 2. The molecule has 2 rings (SSSR count). The van der Waals surface area contributed by atoms with E-state index in [1.54, 1.807) is 13.8 Å². The molecule has 0 aromatic carbocycles. The van der Waals surface area contributed by atoms with E-state index in [1.807, 2.05) is 0 Å². The predicted molar refractivity (Wildman–Crippen MR) is 70.6 cm³/mol. The van der Waals surface area contributed by atoms with Gasteiger partial charge in [0.2, 0.25) is 5.88 Å². The van der Waals surface area contributed by atoms with Gasteiger partial charge >= 0.3 is 5.69 Å². The van der Waals surface area contributed by atoms with E-state index >= 15 is 0 Å². The molecule has 0 saturated heterocycles. The molecule has 1 aliphatic rings. The Morgan fingerprint density at radius 3 is 2.68 bits per heavy atom. The molecule has 0 atom stereocenters. The van der Waals surface area contributed by atoms with E-state index in [4.69, 9.17) is 4.74 Å². The SMILES string of the molecule is CC(C)c1c(O)n(CCOCC2CC2)c(=O)[nH]c1=O. The van der Waals surface area contributed by atoms with E-state index in [2.05, 4.69) is 4.98 Å². The van der Waals surface area contributed by atoms with E-state index in [-0.39, 0.29) is 23.9 Å². The van der Waals surface area contributed by atoms with Gasteiger partial charge in [-0.05, 0) is 24.7 Å². The van der Waals surface area contributed by atoms with Crippen molar-refractivity contribution in [3.63, 3.8) is 0 Å². The second kappa shape index (κ2) is 5.61. The summed E-state index contributed by atoms with van der Waals surface area (Å²) in [4.78, 5) is 25.5. The van der Waals surface area contributed by atoms with Gasteiger partial charge in [0.25, 0.3) is 5.56 Å². The molecule has 0 unspecified atom stereocenters. The maximum absolute atomic E-state index is 11.7. The number of aromatic amines is 1. The summed E-state index contributed by atoms with van der Waals surface area (Å²) in [5.74, 6) is 0.258. The fourth-order valence-electron chi connectivity index (χ4n) is 1.99. The minimum Gasteiger partial charge on any atom is -0.494 e. The highest BCUT2D eigenvalue weighted by Crippen LogP contribution is 2.28. The zero-order chi connectivity index (χ0) is 14.0. The molecule has 1 aliphatic carbocycles. The Morgan fingerprint density at radius 1 is 1.42 bits per heavy atom. The van der Waals surface area contributed by atoms with Crippen molar-refractivity contribution in [2.75, 3.05) is 13.2 Å². The Morgan fingerprint density at radius 2 is 2.11 bits per heavy atom. The molecular weight excluding hydrogens is 248 g/mol. The first-order valence-corrected chi connectivity index (χ1v) is 6.64. The van der Waals surface area contributed by atoms with Gasteiger partial charge in [-0.3, -0.25) is 14.3 Å². The monoisotopic (exact) mass is 268 g/mol. The van der Waals surface area contributed by atoms with Gasteiger partial charge in [0.05, 0.1) is 18.7 Å². The van der Waals surface area contributed by atoms with Crippen LogP contribution < -0.4 is 11.2 Å². The van der Waals surface area contributed by atoms with E-state index in [9.17, 15) is 14.7 Å². The van der Waals surface area contributed by atoms with Crippen molar-refractivity contribution in [3.8, 4) is 5.88 Å². The van der Waals surface area contributed by atoms with Gasteiger partial charge < -0.3 is 9.84 Å². The predicted octanol–water partition coefficient (Wildman–Crippen LogP) is 0.792. The Labute approximate surface area is 111 Å². The van der Waals surface area contributed by atoms with Crippen LogP contribution in [0.1, 0.15) is 38.2 Å². The number of ether oxygens (including phenoxy) is 1. The smallest absolute Gasteiger partial charge is 0.331 e. The largest absolute Gasteiger partial charge is 0.494 e. The average molecular weight is 268 g/mol. The summed E-state index contributed by atoms with van der Waals surface area (Å²) in [6.45, 7) is 4.89. The number of nitrogens with zero attached hydrogens (tertiary/aromatic N) is 1. The van der Waals surface area contributed by atoms with Gasteiger partial charge in [-0.2, -0.15) is 0 Å². The van der Waals surface area contributed by atoms with Crippen LogP contribution in [0.4, 0.5) is 0 Å². The molecule has 1 heterocycles. The molecule has 6 heteroatoms. The lowest BCUT2D eigenvalue weighted by molar-refractivity contribution is 0.114. The average Bonchev–Trinajstić information content (AvgIpc) is 3.10. The molecule has 0 bridgehead atoms. The second-order valence-corrected chi connectivity index (χ2v) is 5.32. The molecule has 0 radical (unpaired) electrons. The maximum Gasteiger partial charge on any atom is 0.331 e. The molecule has 1 aromatic heterocycles. The minimum absolute atomic E-state index is 0.150. The van der Waals surface area contributed by atoms with Crippen LogP contribution in [0.5, 0.6) is 5.88 Å². The Kier molecular flexibility index (Phi) is 4.09. The highest BCUT2D eigenvalue weighted by molar-refractivity contribution is 5.25. The van der Waals surface area contributed by atoms with Crippen molar-refractivity contribution in [1.29, 1.82) is 0 Å². The second-order valence-electron chi connectivity index (χ2n) is 5.32. The molecule has 0 aliphatic heterocycles. The fraction of sp³-hybridized carbons (Fsp3) is 0.692. The van der Waals surface area contributed by atoms with Gasteiger partial charge in [0, 0.05) is 6.61 Å².